The third-order valence-corrected chi connectivity index (χ3v) is 5.04. The third-order valence-electron chi connectivity index (χ3n) is 3.90. The minimum atomic E-state index is -3.57. The van der Waals surface area contributed by atoms with E-state index in [1.54, 1.807) is 24.3 Å². The Bertz CT molecular complexity index is 657. The van der Waals surface area contributed by atoms with Crippen molar-refractivity contribution in [3.8, 4) is 5.75 Å². The molecule has 0 spiro atoms. The van der Waals surface area contributed by atoms with Crippen molar-refractivity contribution in [2.75, 3.05) is 63.6 Å². The van der Waals surface area contributed by atoms with Crippen LogP contribution in [0.3, 0.4) is 0 Å². The molecule has 2 rings (SSSR count). The predicted molar refractivity (Wildman–Crippen MR) is 95.5 cm³/mol. The topological polar surface area (TPSA) is 88.2 Å². The van der Waals surface area contributed by atoms with Crippen LogP contribution < -0.4 is 14.4 Å². The molecule has 1 amide bonds. The molecule has 0 aromatic heterocycles. The molecule has 0 unspecified atom stereocenters. The lowest BCUT2D eigenvalue weighted by atomic mass is 10.3. The predicted octanol–water partition coefficient (Wildman–Crippen LogP) is -0.0904. The summed E-state index contributed by atoms with van der Waals surface area (Å²) in [5, 5.41) is 2.77. The van der Waals surface area contributed by atoms with Gasteiger partial charge in [-0.25, -0.2) is 8.42 Å². The number of sulfonamides is 1. The molecule has 9 heteroatoms. The van der Waals surface area contributed by atoms with E-state index in [0.29, 0.717) is 31.2 Å². The van der Waals surface area contributed by atoms with Crippen molar-refractivity contribution >= 4 is 21.6 Å². The highest BCUT2D eigenvalue weighted by Crippen LogP contribution is 2.21. The molecule has 1 fully saturated rings. The van der Waals surface area contributed by atoms with Crippen LogP contribution in [0.25, 0.3) is 0 Å². The Balaban J connectivity index is 1.91. The highest BCUT2D eigenvalue weighted by Gasteiger charge is 2.21. The summed E-state index contributed by atoms with van der Waals surface area (Å²) in [5.74, 6) is 0.279. The number of benzene rings is 1. The van der Waals surface area contributed by atoms with E-state index in [1.165, 1.54) is 7.11 Å². The van der Waals surface area contributed by atoms with E-state index in [2.05, 4.69) is 10.2 Å². The van der Waals surface area contributed by atoms with Crippen LogP contribution in [0.2, 0.25) is 0 Å². The number of amides is 1. The Morgan fingerprint density at radius 2 is 1.92 bits per heavy atom. The van der Waals surface area contributed by atoms with E-state index in [1.807, 2.05) is 0 Å². The molecular weight excluding hydrogens is 346 g/mol. The number of hydrogen-bond acceptors (Lipinski definition) is 6. The molecule has 0 atom stereocenters. The van der Waals surface area contributed by atoms with Crippen LogP contribution in [-0.4, -0.2) is 78.5 Å². The molecule has 1 heterocycles. The van der Waals surface area contributed by atoms with Crippen LogP contribution in [0.15, 0.2) is 24.3 Å². The zero-order valence-electron chi connectivity index (χ0n) is 14.6. The van der Waals surface area contributed by atoms with Gasteiger partial charge in [0.25, 0.3) is 0 Å². The van der Waals surface area contributed by atoms with Gasteiger partial charge in [0, 0.05) is 26.2 Å². The van der Waals surface area contributed by atoms with E-state index in [4.69, 9.17) is 9.47 Å². The average Bonchev–Trinajstić information content (AvgIpc) is 2.60. The number of ether oxygens (including phenoxy) is 2. The van der Waals surface area contributed by atoms with Gasteiger partial charge in [0.1, 0.15) is 12.3 Å². The summed E-state index contributed by atoms with van der Waals surface area (Å²) >= 11 is 0. The molecule has 1 aliphatic heterocycles. The van der Waals surface area contributed by atoms with Gasteiger partial charge in [0.15, 0.2) is 0 Å². The molecule has 1 saturated heterocycles. The van der Waals surface area contributed by atoms with Crippen molar-refractivity contribution < 1.29 is 22.7 Å². The van der Waals surface area contributed by atoms with Crippen molar-refractivity contribution in [1.29, 1.82) is 0 Å². The Labute approximate surface area is 148 Å². The SMILES string of the molecule is COc1ccc(N(CC(=O)NCCN2CCOCC2)S(C)(=O)=O)cc1. The number of nitrogens with zero attached hydrogens (tertiary/aromatic N) is 2. The van der Waals surface area contributed by atoms with Crippen molar-refractivity contribution in [1.82, 2.24) is 10.2 Å². The average molecular weight is 371 g/mol. The van der Waals surface area contributed by atoms with Crippen LogP contribution in [-0.2, 0) is 19.6 Å². The summed E-state index contributed by atoms with van der Waals surface area (Å²) in [5.41, 5.74) is 0.423. The number of anilines is 1. The van der Waals surface area contributed by atoms with E-state index < -0.39 is 10.0 Å². The second kappa shape index (κ2) is 9.02. The molecule has 0 bridgehead atoms. The Kier molecular flexibility index (Phi) is 7.03. The Morgan fingerprint density at radius 1 is 1.28 bits per heavy atom. The number of rotatable bonds is 8. The van der Waals surface area contributed by atoms with Gasteiger partial charge in [-0.05, 0) is 24.3 Å². The van der Waals surface area contributed by atoms with Gasteiger partial charge in [0.2, 0.25) is 15.9 Å². The second-order valence-corrected chi connectivity index (χ2v) is 7.68. The summed E-state index contributed by atoms with van der Waals surface area (Å²) in [6.45, 7) is 4.03. The smallest absolute Gasteiger partial charge is 0.240 e. The van der Waals surface area contributed by atoms with Crippen LogP contribution in [0, 0.1) is 0 Å². The molecule has 1 N–H and O–H groups in total. The van der Waals surface area contributed by atoms with Crippen molar-refractivity contribution in [2.45, 2.75) is 0 Å². The van der Waals surface area contributed by atoms with Gasteiger partial charge < -0.3 is 14.8 Å². The van der Waals surface area contributed by atoms with E-state index in [0.717, 1.165) is 30.2 Å². The highest BCUT2D eigenvalue weighted by molar-refractivity contribution is 7.92. The van der Waals surface area contributed by atoms with Gasteiger partial charge >= 0.3 is 0 Å². The highest BCUT2D eigenvalue weighted by atomic mass is 32.2. The van der Waals surface area contributed by atoms with Crippen LogP contribution in [0.5, 0.6) is 5.75 Å². The quantitative estimate of drug-likeness (QED) is 0.687. The largest absolute Gasteiger partial charge is 0.497 e. The van der Waals surface area contributed by atoms with Crippen LogP contribution >= 0.6 is 0 Å². The van der Waals surface area contributed by atoms with E-state index in [-0.39, 0.29) is 12.5 Å². The fourth-order valence-corrected chi connectivity index (χ4v) is 3.37. The first-order valence-electron chi connectivity index (χ1n) is 8.08. The Hall–Kier alpha value is -1.84. The summed E-state index contributed by atoms with van der Waals surface area (Å²) in [6, 6.07) is 6.54. The maximum Gasteiger partial charge on any atom is 0.240 e. The van der Waals surface area contributed by atoms with Gasteiger partial charge in [-0.1, -0.05) is 0 Å². The summed E-state index contributed by atoms with van der Waals surface area (Å²) < 4.78 is 35.5. The van der Waals surface area contributed by atoms with Crippen molar-refractivity contribution in [3.63, 3.8) is 0 Å². The Morgan fingerprint density at radius 3 is 2.48 bits per heavy atom. The summed E-state index contributed by atoms with van der Waals surface area (Å²) in [6.07, 6.45) is 1.08. The van der Waals surface area contributed by atoms with Gasteiger partial charge in [-0.15, -0.1) is 0 Å². The first-order valence-corrected chi connectivity index (χ1v) is 9.93. The maximum absolute atomic E-state index is 12.2. The number of methoxy groups -OCH3 is 1. The molecule has 1 aromatic carbocycles. The first-order chi connectivity index (χ1) is 11.9. The number of morpholine rings is 1. The third kappa shape index (κ3) is 6.18. The minimum Gasteiger partial charge on any atom is -0.497 e. The van der Waals surface area contributed by atoms with Gasteiger partial charge in [-0.3, -0.25) is 14.0 Å². The van der Waals surface area contributed by atoms with Crippen molar-refractivity contribution in [3.05, 3.63) is 24.3 Å². The fourth-order valence-electron chi connectivity index (χ4n) is 2.51. The molecule has 0 radical (unpaired) electrons. The lowest BCUT2D eigenvalue weighted by Gasteiger charge is -2.27. The molecule has 1 aromatic rings. The molecule has 1 aliphatic rings. The second-order valence-electron chi connectivity index (χ2n) is 5.77. The maximum atomic E-state index is 12.2. The number of hydrogen-bond donors (Lipinski definition) is 1. The zero-order valence-corrected chi connectivity index (χ0v) is 15.4. The number of carbonyl (C=O) groups excluding carboxylic acids is 1. The van der Waals surface area contributed by atoms with Gasteiger partial charge in [0.05, 0.1) is 32.3 Å². The molecule has 0 saturated carbocycles. The van der Waals surface area contributed by atoms with Crippen molar-refractivity contribution in [2.24, 2.45) is 0 Å². The van der Waals surface area contributed by atoms with E-state index >= 15 is 0 Å². The fraction of sp³-hybridized carbons (Fsp3) is 0.562. The normalized spacial score (nSPS) is 15.6. The zero-order chi connectivity index (χ0) is 18.3. The summed E-state index contributed by atoms with van der Waals surface area (Å²) in [4.78, 5) is 14.3. The van der Waals surface area contributed by atoms with Crippen LogP contribution in [0.1, 0.15) is 0 Å². The number of nitrogens with one attached hydrogen (secondary N) is 1. The molecule has 140 valence electrons. The molecule has 0 aliphatic carbocycles. The van der Waals surface area contributed by atoms with Gasteiger partial charge in [-0.2, -0.15) is 0 Å². The monoisotopic (exact) mass is 371 g/mol. The first kappa shape index (κ1) is 19.5. The molecular formula is C16H25N3O5S. The standard InChI is InChI=1S/C16H25N3O5S/c1-23-15-5-3-14(4-6-15)19(25(2,21)22)13-16(20)17-7-8-18-9-11-24-12-10-18/h3-6H,7-13H2,1-2H3,(H,17,20). The lowest BCUT2D eigenvalue weighted by Crippen LogP contribution is -2.44. The number of carbonyl (C=O) groups is 1. The molecule has 8 nitrogen and oxygen atoms in total. The minimum absolute atomic E-state index is 0.256. The lowest BCUT2D eigenvalue weighted by molar-refractivity contribution is -0.119. The summed E-state index contributed by atoms with van der Waals surface area (Å²) in [7, 11) is -2.04. The van der Waals surface area contributed by atoms with E-state index in [9.17, 15) is 13.2 Å². The molecule has 25 heavy (non-hydrogen) atoms. The van der Waals surface area contributed by atoms with Crippen LogP contribution in [0.4, 0.5) is 5.69 Å².